The van der Waals surface area contributed by atoms with Crippen LogP contribution in [0.3, 0.4) is 0 Å². The number of sulfonamides is 1. The van der Waals surface area contributed by atoms with Gasteiger partial charge in [-0.1, -0.05) is 5.21 Å². The Kier molecular flexibility index (Phi) is 4.72. The first kappa shape index (κ1) is 17.1. The highest BCUT2D eigenvalue weighted by molar-refractivity contribution is 7.91. The molecule has 118 valence electrons. The van der Waals surface area contributed by atoms with Gasteiger partial charge in [0.2, 0.25) is 15.9 Å². The number of hydrogen-bond acceptors (Lipinski definition) is 6. The second-order valence-corrected chi connectivity index (χ2v) is 8.07. The Hall–Kier alpha value is -1.97. The number of nitrogens with one attached hydrogen (secondary N) is 1. The van der Waals surface area contributed by atoms with Gasteiger partial charge in [-0.2, -0.15) is 0 Å². The Morgan fingerprint density at radius 1 is 1.33 bits per heavy atom. The van der Waals surface area contributed by atoms with Gasteiger partial charge in [-0.3, -0.25) is 9.59 Å². The van der Waals surface area contributed by atoms with Crippen LogP contribution >= 0.6 is 0 Å². The molecule has 9 nitrogen and oxygen atoms in total. The van der Waals surface area contributed by atoms with E-state index in [4.69, 9.17) is 0 Å². The summed E-state index contributed by atoms with van der Waals surface area (Å²) in [4.78, 5) is 24.7. The molecule has 1 N–H and O–H groups in total. The van der Waals surface area contributed by atoms with Crippen molar-refractivity contribution in [2.24, 2.45) is 0 Å². The Labute approximate surface area is 123 Å². The highest BCUT2D eigenvalue weighted by Gasteiger charge is 2.31. The molecule has 0 aromatic carbocycles. The SMILES string of the molecule is CN(C)C(=O)Cn1cc(C(=O)NS(=O)(=O)C(C)(C)C)nn1. The Bertz CT molecular complexity index is 642. The van der Waals surface area contributed by atoms with E-state index in [0.717, 1.165) is 0 Å². The minimum atomic E-state index is -3.82. The average Bonchev–Trinajstić information content (AvgIpc) is 2.75. The molecule has 21 heavy (non-hydrogen) atoms. The van der Waals surface area contributed by atoms with Gasteiger partial charge in [0.1, 0.15) is 6.54 Å². The third kappa shape index (κ3) is 4.25. The lowest BCUT2D eigenvalue weighted by atomic mass is 10.3. The summed E-state index contributed by atoms with van der Waals surface area (Å²) in [6, 6.07) is 0. The maximum absolute atomic E-state index is 11.9. The van der Waals surface area contributed by atoms with Gasteiger partial charge in [0.05, 0.1) is 10.9 Å². The molecular weight excluding hydrogens is 298 g/mol. The summed E-state index contributed by atoms with van der Waals surface area (Å²) in [6.45, 7) is 4.32. The lowest BCUT2D eigenvalue weighted by Gasteiger charge is -2.18. The molecule has 0 aliphatic rings. The molecule has 2 amide bonds. The molecule has 0 aliphatic carbocycles. The highest BCUT2D eigenvalue weighted by atomic mass is 32.2. The number of carbonyl (C=O) groups is 2. The molecule has 1 aromatic rings. The fraction of sp³-hybridized carbons (Fsp3) is 0.636. The zero-order valence-corrected chi connectivity index (χ0v) is 13.4. The Balaban J connectivity index is 2.82. The molecule has 1 heterocycles. The van der Waals surface area contributed by atoms with Crippen LogP contribution in [0, 0.1) is 0 Å². The number of rotatable bonds is 4. The largest absolute Gasteiger partial charge is 0.347 e. The fourth-order valence-corrected chi connectivity index (χ4v) is 1.74. The molecule has 0 saturated heterocycles. The maximum atomic E-state index is 11.9. The zero-order chi connectivity index (χ0) is 16.4. The third-order valence-electron chi connectivity index (χ3n) is 2.60. The van der Waals surface area contributed by atoms with Gasteiger partial charge in [-0.25, -0.2) is 17.8 Å². The lowest BCUT2D eigenvalue weighted by Crippen LogP contribution is -2.42. The van der Waals surface area contributed by atoms with Gasteiger partial charge in [0.25, 0.3) is 5.91 Å². The monoisotopic (exact) mass is 317 g/mol. The number of likely N-dealkylation sites (N-methyl/N-ethyl adjacent to an activating group) is 1. The minimum Gasteiger partial charge on any atom is -0.347 e. The molecule has 0 spiro atoms. The van der Waals surface area contributed by atoms with E-state index in [1.807, 2.05) is 4.72 Å². The van der Waals surface area contributed by atoms with E-state index >= 15 is 0 Å². The Morgan fingerprint density at radius 3 is 2.38 bits per heavy atom. The van der Waals surface area contributed by atoms with Crippen LogP contribution in [0.15, 0.2) is 6.20 Å². The summed E-state index contributed by atoms with van der Waals surface area (Å²) in [5.41, 5.74) is -0.172. The molecule has 0 unspecified atom stereocenters. The van der Waals surface area contributed by atoms with Crippen LogP contribution in [-0.4, -0.2) is 59.0 Å². The number of amides is 2. The summed E-state index contributed by atoms with van der Waals surface area (Å²) in [7, 11) is -0.652. The van der Waals surface area contributed by atoms with Crippen molar-refractivity contribution in [3.05, 3.63) is 11.9 Å². The van der Waals surface area contributed by atoms with Crippen LogP contribution in [0.4, 0.5) is 0 Å². The predicted molar refractivity (Wildman–Crippen MR) is 74.9 cm³/mol. The Morgan fingerprint density at radius 2 is 1.90 bits per heavy atom. The highest BCUT2D eigenvalue weighted by Crippen LogP contribution is 2.13. The lowest BCUT2D eigenvalue weighted by molar-refractivity contribution is -0.129. The molecule has 0 saturated carbocycles. The van der Waals surface area contributed by atoms with Crippen LogP contribution < -0.4 is 4.72 Å². The van der Waals surface area contributed by atoms with Crippen molar-refractivity contribution in [1.29, 1.82) is 0 Å². The van der Waals surface area contributed by atoms with Crippen LogP contribution in [0.1, 0.15) is 31.3 Å². The molecule has 0 atom stereocenters. The van der Waals surface area contributed by atoms with Gasteiger partial charge < -0.3 is 4.90 Å². The van der Waals surface area contributed by atoms with Crippen molar-refractivity contribution in [3.63, 3.8) is 0 Å². The molecule has 0 aliphatic heterocycles. The normalized spacial score (nSPS) is 12.0. The maximum Gasteiger partial charge on any atom is 0.286 e. The molecule has 0 bridgehead atoms. The smallest absolute Gasteiger partial charge is 0.286 e. The van der Waals surface area contributed by atoms with Gasteiger partial charge in [0.15, 0.2) is 5.69 Å². The number of hydrogen-bond donors (Lipinski definition) is 1. The summed E-state index contributed by atoms with van der Waals surface area (Å²) in [5.74, 6) is -1.11. The first-order chi connectivity index (χ1) is 9.44. The van der Waals surface area contributed by atoms with Gasteiger partial charge >= 0.3 is 0 Å². The fourth-order valence-electron chi connectivity index (χ4n) is 1.09. The van der Waals surface area contributed by atoms with Crippen molar-refractivity contribution < 1.29 is 18.0 Å². The molecule has 0 radical (unpaired) electrons. The van der Waals surface area contributed by atoms with E-state index in [1.54, 1.807) is 14.1 Å². The van der Waals surface area contributed by atoms with Crippen LogP contribution in [0.2, 0.25) is 0 Å². The van der Waals surface area contributed by atoms with Crippen LogP contribution in [0.5, 0.6) is 0 Å². The van der Waals surface area contributed by atoms with E-state index in [2.05, 4.69) is 10.3 Å². The second kappa shape index (κ2) is 5.80. The van der Waals surface area contributed by atoms with Crippen LogP contribution in [0.25, 0.3) is 0 Å². The molecule has 1 aromatic heterocycles. The van der Waals surface area contributed by atoms with Crippen LogP contribution in [-0.2, 0) is 21.4 Å². The van der Waals surface area contributed by atoms with Crippen molar-refractivity contribution in [3.8, 4) is 0 Å². The van der Waals surface area contributed by atoms with Gasteiger partial charge in [-0.15, -0.1) is 5.10 Å². The summed E-state index contributed by atoms with van der Waals surface area (Å²) >= 11 is 0. The van der Waals surface area contributed by atoms with E-state index in [9.17, 15) is 18.0 Å². The molecule has 0 fully saturated rings. The topological polar surface area (TPSA) is 114 Å². The van der Waals surface area contributed by atoms with Gasteiger partial charge in [0, 0.05) is 14.1 Å². The number of aromatic nitrogens is 3. The summed E-state index contributed by atoms with van der Waals surface area (Å²) in [6.07, 6.45) is 1.22. The van der Waals surface area contributed by atoms with Gasteiger partial charge in [-0.05, 0) is 20.8 Å². The summed E-state index contributed by atoms with van der Waals surface area (Å²) < 4.78 is 25.7. The van der Waals surface area contributed by atoms with Crippen molar-refractivity contribution >= 4 is 21.8 Å². The zero-order valence-electron chi connectivity index (χ0n) is 12.6. The van der Waals surface area contributed by atoms with Crippen molar-refractivity contribution in [1.82, 2.24) is 24.6 Å². The number of carbonyl (C=O) groups excluding carboxylic acids is 2. The third-order valence-corrected chi connectivity index (χ3v) is 4.67. The number of nitrogens with zero attached hydrogens (tertiary/aromatic N) is 4. The second-order valence-electron chi connectivity index (χ2n) is 5.64. The van der Waals surface area contributed by atoms with E-state index < -0.39 is 20.7 Å². The predicted octanol–water partition coefficient (Wildman–Crippen LogP) is -0.776. The average molecular weight is 317 g/mol. The van der Waals surface area contributed by atoms with Crippen molar-refractivity contribution in [2.45, 2.75) is 32.1 Å². The first-order valence-corrected chi connectivity index (χ1v) is 7.59. The minimum absolute atomic E-state index is 0.0840. The molecular formula is C11H19N5O4S. The van der Waals surface area contributed by atoms with E-state index in [-0.39, 0.29) is 18.1 Å². The van der Waals surface area contributed by atoms with Crippen molar-refractivity contribution in [2.75, 3.05) is 14.1 Å². The quantitative estimate of drug-likeness (QED) is 0.779. The van der Waals surface area contributed by atoms with E-state index in [1.165, 1.54) is 36.5 Å². The first-order valence-electron chi connectivity index (χ1n) is 6.11. The molecule has 10 heteroatoms. The van der Waals surface area contributed by atoms with E-state index in [0.29, 0.717) is 0 Å². The standard InChI is InChI=1S/C11H19N5O4S/c1-11(2,3)21(19,20)13-10(18)8-6-16(14-12-8)7-9(17)15(4)5/h6H,7H2,1-5H3,(H,13,18). The molecule has 1 rings (SSSR count). The summed E-state index contributed by atoms with van der Waals surface area (Å²) in [5, 5.41) is 7.18.